The van der Waals surface area contributed by atoms with Crippen LogP contribution < -0.4 is 0 Å². The number of hydrogen-bond donors (Lipinski definition) is 0. The molecular formula is C25H32N2. The lowest BCUT2D eigenvalue weighted by atomic mass is 10.0. The van der Waals surface area contributed by atoms with Crippen LogP contribution >= 0.6 is 0 Å². The first-order chi connectivity index (χ1) is 13.3. The van der Waals surface area contributed by atoms with Crippen LogP contribution in [0.3, 0.4) is 0 Å². The van der Waals surface area contributed by atoms with Gasteiger partial charge in [-0.2, -0.15) is 0 Å². The van der Waals surface area contributed by atoms with Gasteiger partial charge in [0.1, 0.15) is 0 Å². The molecule has 2 aliphatic heterocycles. The second-order valence-electron chi connectivity index (χ2n) is 8.83. The Labute approximate surface area is 164 Å². The Balaban J connectivity index is 1.30. The standard InChI is InChI=1S/C25H32N2/c1-3-11-26(12-4-1)18-20-7-9-24-22(15-20)17-23-16-21(8-10-25(23)24)19-27-13-5-2-6-14-27/h7-10,15-16H,1-6,11-14,17-19H2. The van der Waals surface area contributed by atoms with Crippen molar-refractivity contribution in [2.75, 3.05) is 26.2 Å². The van der Waals surface area contributed by atoms with Gasteiger partial charge in [0.05, 0.1) is 0 Å². The second kappa shape index (κ2) is 7.77. The molecule has 1 aliphatic carbocycles. The number of nitrogens with zero attached hydrogens (tertiary/aromatic N) is 2. The Hall–Kier alpha value is -1.64. The van der Waals surface area contributed by atoms with Gasteiger partial charge >= 0.3 is 0 Å². The molecule has 0 aromatic heterocycles. The Kier molecular flexibility index (Phi) is 5.02. The highest BCUT2D eigenvalue weighted by atomic mass is 15.1. The minimum Gasteiger partial charge on any atom is -0.299 e. The SMILES string of the molecule is c1cc2c(cc1CN1CCCCC1)Cc1cc(CN3CCCCC3)ccc1-2. The van der Waals surface area contributed by atoms with Crippen LogP contribution in [0.5, 0.6) is 0 Å². The van der Waals surface area contributed by atoms with Crippen LogP contribution in [0, 0.1) is 0 Å². The van der Waals surface area contributed by atoms with E-state index in [1.165, 1.54) is 98.1 Å². The molecule has 0 N–H and O–H groups in total. The summed E-state index contributed by atoms with van der Waals surface area (Å²) in [6.45, 7) is 7.36. The normalized spacial score (nSPS) is 20.4. The van der Waals surface area contributed by atoms with Gasteiger partial charge in [0.25, 0.3) is 0 Å². The first kappa shape index (κ1) is 17.5. The summed E-state index contributed by atoms with van der Waals surface area (Å²) >= 11 is 0. The van der Waals surface area contributed by atoms with Crippen molar-refractivity contribution in [3.63, 3.8) is 0 Å². The second-order valence-corrected chi connectivity index (χ2v) is 8.83. The maximum atomic E-state index is 2.63. The van der Waals surface area contributed by atoms with E-state index in [2.05, 4.69) is 46.2 Å². The van der Waals surface area contributed by atoms with Gasteiger partial charge in [-0.05, 0) is 91.7 Å². The molecule has 2 heterocycles. The fourth-order valence-corrected chi connectivity index (χ4v) is 5.27. The summed E-state index contributed by atoms with van der Waals surface area (Å²) in [6.07, 6.45) is 9.43. The molecule has 0 atom stereocenters. The number of fused-ring (bicyclic) bond motifs is 3. The lowest BCUT2D eigenvalue weighted by molar-refractivity contribution is 0.221. The number of likely N-dealkylation sites (tertiary alicyclic amines) is 2. The van der Waals surface area contributed by atoms with Gasteiger partial charge in [-0.25, -0.2) is 0 Å². The molecule has 0 bridgehead atoms. The summed E-state index contributed by atoms with van der Waals surface area (Å²) in [5.41, 5.74) is 9.01. The molecule has 0 amide bonds. The summed E-state index contributed by atoms with van der Waals surface area (Å²) < 4.78 is 0. The van der Waals surface area contributed by atoms with Gasteiger partial charge in [0, 0.05) is 13.1 Å². The zero-order valence-electron chi connectivity index (χ0n) is 16.6. The quantitative estimate of drug-likeness (QED) is 0.628. The third kappa shape index (κ3) is 3.83. The molecule has 2 aromatic rings. The van der Waals surface area contributed by atoms with Crippen molar-refractivity contribution in [2.45, 2.75) is 58.0 Å². The van der Waals surface area contributed by atoms with Crippen molar-refractivity contribution in [3.05, 3.63) is 58.7 Å². The van der Waals surface area contributed by atoms with E-state index in [1.54, 1.807) is 0 Å². The molecule has 142 valence electrons. The van der Waals surface area contributed by atoms with Crippen LogP contribution in [0.4, 0.5) is 0 Å². The Bertz CT molecular complexity index is 730. The summed E-state index contributed by atoms with van der Waals surface area (Å²) in [4.78, 5) is 5.26. The van der Waals surface area contributed by atoms with Crippen molar-refractivity contribution in [1.29, 1.82) is 0 Å². The van der Waals surface area contributed by atoms with E-state index in [4.69, 9.17) is 0 Å². The van der Waals surface area contributed by atoms with Crippen molar-refractivity contribution >= 4 is 0 Å². The van der Waals surface area contributed by atoms with E-state index in [-0.39, 0.29) is 0 Å². The third-order valence-electron chi connectivity index (χ3n) is 6.72. The van der Waals surface area contributed by atoms with Crippen LogP contribution in [0.1, 0.15) is 60.8 Å². The van der Waals surface area contributed by atoms with Crippen molar-refractivity contribution in [1.82, 2.24) is 9.80 Å². The number of benzene rings is 2. The van der Waals surface area contributed by atoms with E-state index in [0.29, 0.717) is 0 Å². The smallest absolute Gasteiger partial charge is 0.0233 e. The summed E-state index contributed by atoms with van der Waals surface area (Å²) in [5, 5.41) is 0. The van der Waals surface area contributed by atoms with Crippen molar-refractivity contribution < 1.29 is 0 Å². The molecule has 2 saturated heterocycles. The molecule has 5 rings (SSSR count). The number of rotatable bonds is 4. The lowest BCUT2D eigenvalue weighted by Gasteiger charge is -2.26. The summed E-state index contributed by atoms with van der Waals surface area (Å²) in [6, 6.07) is 14.5. The Morgan fingerprint density at radius 2 is 1.00 bits per heavy atom. The zero-order chi connectivity index (χ0) is 18.1. The van der Waals surface area contributed by atoms with E-state index in [0.717, 1.165) is 19.5 Å². The molecule has 27 heavy (non-hydrogen) atoms. The fraction of sp³-hybridized carbons (Fsp3) is 0.520. The van der Waals surface area contributed by atoms with Crippen molar-refractivity contribution in [2.24, 2.45) is 0 Å². The molecule has 2 aromatic carbocycles. The average molecular weight is 361 g/mol. The van der Waals surface area contributed by atoms with Crippen LogP contribution in [0.15, 0.2) is 36.4 Å². The maximum Gasteiger partial charge on any atom is 0.0233 e. The van der Waals surface area contributed by atoms with Crippen molar-refractivity contribution in [3.8, 4) is 11.1 Å². The van der Waals surface area contributed by atoms with E-state index in [1.807, 2.05) is 0 Å². The molecular weight excluding hydrogens is 328 g/mol. The third-order valence-corrected chi connectivity index (χ3v) is 6.72. The van der Waals surface area contributed by atoms with Crippen LogP contribution in [0.2, 0.25) is 0 Å². The average Bonchev–Trinajstić information content (AvgIpc) is 3.06. The molecule has 2 heteroatoms. The van der Waals surface area contributed by atoms with E-state index in [9.17, 15) is 0 Å². The molecule has 0 radical (unpaired) electrons. The molecule has 0 spiro atoms. The predicted molar refractivity (Wildman–Crippen MR) is 113 cm³/mol. The Morgan fingerprint density at radius 3 is 1.44 bits per heavy atom. The minimum atomic E-state index is 1.12. The van der Waals surface area contributed by atoms with Gasteiger partial charge in [0.15, 0.2) is 0 Å². The molecule has 0 saturated carbocycles. The topological polar surface area (TPSA) is 6.48 Å². The Morgan fingerprint density at radius 1 is 0.556 bits per heavy atom. The van der Waals surface area contributed by atoms with E-state index < -0.39 is 0 Å². The molecule has 0 unspecified atom stereocenters. The predicted octanol–water partition coefficient (Wildman–Crippen LogP) is 5.23. The number of piperidine rings is 2. The number of hydrogen-bond acceptors (Lipinski definition) is 2. The highest BCUT2D eigenvalue weighted by Crippen LogP contribution is 2.38. The van der Waals surface area contributed by atoms with Gasteiger partial charge < -0.3 is 0 Å². The van der Waals surface area contributed by atoms with Gasteiger partial charge in [-0.15, -0.1) is 0 Å². The molecule has 2 nitrogen and oxygen atoms in total. The van der Waals surface area contributed by atoms with Gasteiger partial charge in [-0.1, -0.05) is 49.2 Å². The van der Waals surface area contributed by atoms with Crippen LogP contribution in [-0.4, -0.2) is 36.0 Å². The molecule has 3 aliphatic rings. The van der Waals surface area contributed by atoms with E-state index >= 15 is 0 Å². The minimum absolute atomic E-state index is 1.12. The highest BCUT2D eigenvalue weighted by Gasteiger charge is 2.20. The van der Waals surface area contributed by atoms with Crippen LogP contribution in [0.25, 0.3) is 11.1 Å². The first-order valence-corrected chi connectivity index (χ1v) is 11.0. The highest BCUT2D eigenvalue weighted by molar-refractivity contribution is 5.77. The molecule has 2 fully saturated rings. The maximum absolute atomic E-state index is 2.63. The monoisotopic (exact) mass is 360 g/mol. The lowest BCUT2D eigenvalue weighted by Crippen LogP contribution is -2.29. The zero-order valence-corrected chi connectivity index (χ0v) is 16.6. The van der Waals surface area contributed by atoms with Gasteiger partial charge in [0.2, 0.25) is 0 Å². The first-order valence-electron chi connectivity index (χ1n) is 11.0. The summed E-state index contributed by atoms with van der Waals surface area (Å²) in [7, 11) is 0. The largest absolute Gasteiger partial charge is 0.299 e. The van der Waals surface area contributed by atoms with Crippen LogP contribution in [-0.2, 0) is 19.5 Å². The fourth-order valence-electron chi connectivity index (χ4n) is 5.27. The summed E-state index contributed by atoms with van der Waals surface area (Å²) in [5.74, 6) is 0. The van der Waals surface area contributed by atoms with Gasteiger partial charge in [-0.3, -0.25) is 9.80 Å².